The lowest BCUT2D eigenvalue weighted by molar-refractivity contribution is 0.0212. The molecule has 1 saturated heterocycles. The third-order valence-corrected chi connectivity index (χ3v) is 3.90. The quantitative estimate of drug-likeness (QED) is 0.749. The molecule has 0 spiro atoms. The summed E-state index contributed by atoms with van der Waals surface area (Å²) in [6.45, 7) is 13.0. The molecule has 0 N–H and O–H groups in total. The summed E-state index contributed by atoms with van der Waals surface area (Å²) in [7, 11) is 0. The number of aryl methyl sites for hydroxylation is 1. The molecule has 3 heteroatoms. The minimum atomic E-state index is -0.458. The van der Waals surface area contributed by atoms with Gasteiger partial charge in [0.2, 0.25) is 0 Å². The molecule has 116 valence electrons. The van der Waals surface area contributed by atoms with E-state index in [2.05, 4.69) is 32.9 Å². The van der Waals surface area contributed by atoms with Crippen molar-refractivity contribution in [3.05, 3.63) is 35.4 Å². The lowest BCUT2D eigenvalue weighted by Gasteiger charge is -2.29. The zero-order chi connectivity index (χ0) is 15.8. The second-order valence-electron chi connectivity index (χ2n) is 7.85. The maximum absolute atomic E-state index is 12.5. The Hall–Kier alpha value is -1.51. The molecule has 0 bridgehead atoms. The Bertz CT molecular complexity index is 528. The SMILES string of the molecule is Cc1ccccc1C1CC(C)(C)CN1C(=O)OC(C)(C)C. The number of nitrogens with zero attached hydrogens (tertiary/aromatic N) is 1. The molecule has 1 aliphatic rings. The molecule has 1 unspecified atom stereocenters. The second-order valence-corrected chi connectivity index (χ2v) is 7.85. The van der Waals surface area contributed by atoms with Crippen LogP contribution in [-0.2, 0) is 4.74 Å². The molecule has 1 fully saturated rings. The normalized spacial score (nSPS) is 21.4. The van der Waals surface area contributed by atoms with E-state index in [1.54, 1.807) is 0 Å². The first-order chi connectivity index (χ1) is 9.59. The van der Waals surface area contributed by atoms with Gasteiger partial charge in [-0.2, -0.15) is 0 Å². The van der Waals surface area contributed by atoms with Crippen LogP contribution in [0.4, 0.5) is 4.79 Å². The van der Waals surface area contributed by atoms with Gasteiger partial charge >= 0.3 is 6.09 Å². The molecule has 1 heterocycles. The Morgan fingerprint density at radius 1 is 1.29 bits per heavy atom. The van der Waals surface area contributed by atoms with Crippen LogP contribution in [0.3, 0.4) is 0 Å². The molecule has 0 aromatic heterocycles. The van der Waals surface area contributed by atoms with Gasteiger partial charge in [0.1, 0.15) is 5.60 Å². The number of rotatable bonds is 1. The molecule has 1 amide bonds. The Kier molecular flexibility index (Phi) is 4.05. The number of likely N-dealkylation sites (tertiary alicyclic amines) is 1. The van der Waals surface area contributed by atoms with Crippen molar-refractivity contribution in [2.24, 2.45) is 5.41 Å². The van der Waals surface area contributed by atoms with E-state index in [9.17, 15) is 4.79 Å². The van der Waals surface area contributed by atoms with Crippen molar-refractivity contribution in [1.82, 2.24) is 4.90 Å². The van der Waals surface area contributed by atoms with E-state index in [0.717, 1.165) is 13.0 Å². The highest BCUT2D eigenvalue weighted by Gasteiger charge is 2.42. The first-order valence-electron chi connectivity index (χ1n) is 7.64. The van der Waals surface area contributed by atoms with Crippen molar-refractivity contribution >= 4 is 6.09 Å². The fraction of sp³-hybridized carbons (Fsp3) is 0.611. The van der Waals surface area contributed by atoms with Gasteiger partial charge in [0.25, 0.3) is 0 Å². The average Bonchev–Trinajstić information content (AvgIpc) is 2.64. The summed E-state index contributed by atoms with van der Waals surface area (Å²) in [5.74, 6) is 0. The minimum Gasteiger partial charge on any atom is -0.444 e. The van der Waals surface area contributed by atoms with Crippen LogP contribution in [0, 0.1) is 12.3 Å². The van der Waals surface area contributed by atoms with Gasteiger partial charge in [-0.3, -0.25) is 0 Å². The summed E-state index contributed by atoms with van der Waals surface area (Å²) >= 11 is 0. The van der Waals surface area contributed by atoms with Gasteiger partial charge < -0.3 is 9.64 Å². The van der Waals surface area contributed by atoms with Crippen molar-refractivity contribution in [2.75, 3.05) is 6.54 Å². The maximum Gasteiger partial charge on any atom is 0.410 e. The van der Waals surface area contributed by atoms with E-state index in [0.29, 0.717) is 0 Å². The summed E-state index contributed by atoms with van der Waals surface area (Å²) in [4.78, 5) is 14.4. The Labute approximate surface area is 128 Å². The lowest BCUT2D eigenvalue weighted by Crippen LogP contribution is -2.37. The van der Waals surface area contributed by atoms with Gasteiger partial charge in [0.15, 0.2) is 0 Å². The number of benzene rings is 1. The highest BCUT2D eigenvalue weighted by molar-refractivity contribution is 5.69. The number of carbonyl (C=O) groups is 1. The van der Waals surface area contributed by atoms with E-state index < -0.39 is 5.60 Å². The van der Waals surface area contributed by atoms with E-state index in [1.165, 1.54) is 11.1 Å². The molecule has 1 aromatic carbocycles. The van der Waals surface area contributed by atoms with Gasteiger partial charge in [0.05, 0.1) is 6.04 Å². The number of amides is 1. The zero-order valence-electron chi connectivity index (χ0n) is 14.1. The van der Waals surface area contributed by atoms with Crippen LogP contribution in [0.5, 0.6) is 0 Å². The summed E-state index contributed by atoms with van der Waals surface area (Å²) in [6, 6.07) is 8.42. The third-order valence-electron chi connectivity index (χ3n) is 3.90. The number of hydrogen-bond acceptors (Lipinski definition) is 2. The van der Waals surface area contributed by atoms with Gasteiger partial charge in [-0.05, 0) is 50.7 Å². The number of hydrogen-bond donors (Lipinski definition) is 0. The molecule has 21 heavy (non-hydrogen) atoms. The second kappa shape index (κ2) is 5.36. The molecule has 0 aliphatic carbocycles. The first-order valence-corrected chi connectivity index (χ1v) is 7.64. The fourth-order valence-electron chi connectivity index (χ4n) is 3.02. The zero-order valence-corrected chi connectivity index (χ0v) is 14.1. The van der Waals surface area contributed by atoms with Gasteiger partial charge in [-0.15, -0.1) is 0 Å². The third kappa shape index (κ3) is 3.78. The Morgan fingerprint density at radius 2 is 1.90 bits per heavy atom. The molecule has 1 aromatic rings. The Morgan fingerprint density at radius 3 is 2.48 bits per heavy atom. The van der Waals surface area contributed by atoms with Crippen molar-refractivity contribution in [1.29, 1.82) is 0 Å². The molecular weight excluding hydrogens is 262 g/mol. The largest absolute Gasteiger partial charge is 0.444 e. The van der Waals surface area contributed by atoms with Gasteiger partial charge in [-0.1, -0.05) is 38.1 Å². The smallest absolute Gasteiger partial charge is 0.410 e. The monoisotopic (exact) mass is 289 g/mol. The first kappa shape index (κ1) is 15.9. The van der Waals surface area contributed by atoms with E-state index >= 15 is 0 Å². The molecule has 1 aliphatic heterocycles. The molecule has 1 atom stereocenters. The molecule has 2 rings (SSSR count). The van der Waals surface area contributed by atoms with E-state index in [-0.39, 0.29) is 17.6 Å². The summed E-state index contributed by atoms with van der Waals surface area (Å²) < 4.78 is 5.59. The van der Waals surface area contributed by atoms with Crippen molar-refractivity contribution < 1.29 is 9.53 Å². The van der Waals surface area contributed by atoms with Crippen molar-refractivity contribution in [3.63, 3.8) is 0 Å². The average molecular weight is 289 g/mol. The van der Waals surface area contributed by atoms with Crippen LogP contribution in [0.2, 0.25) is 0 Å². The molecule has 3 nitrogen and oxygen atoms in total. The predicted molar refractivity (Wildman–Crippen MR) is 85.3 cm³/mol. The van der Waals surface area contributed by atoms with Crippen LogP contribution in [0.25, 0.3) is 0 Å². The molecule has 0 radical (unpaired) electrons. The highest BCUT2D eigenvalue weighted by atomic mass is 16.6. The molecular formula is C18H27NO2. The van der Waals surface area contributed by atoms with Crippen molar-refractivity contribution in [2.45, 2.75) is 59.6 Å². The van der Waals surface area contributed by atoms with Crippen LogP contribution >= 0.6 is 0 Å². The van der Waals surface area contributed by atoms with Crippen LogP contribution in [-0.4, -0.2) is 23.1 Å². The fourth-order valence-corrected chi connectivity index (χ4v) is 3.02. The number of ether oxygens (including phenoxy) is 1. The van der Waals surface area contributed by atoms with Crippen LogP contribution in [0.15, 0.2) is 24.3 Å². The van der Waals surface area contributed by atoms with Crippen LogP contribution in [0.1, 0.15) is 58.2 Å². The summed E-state index contributed by atoms with van der Waals surface area (Å²) in [5, 5.41) is 0. The summed E-state index contributed by atoms with van der Waals surface area (Å²) in [6.07, 6.45) is 0.762. The van der Waals surface area contributed by atoms with E-state index in [1.807, 2.05) is 37.8 Å². The Balaban J connectivity index is 2.30. The van der Waals surface area contributed by atoms with Crippen molar-refractivity contribution in [3.8, 4) is 0 Å². The lowest BCUT2D eigenvalue weighted by atomic mass is 9.88. The maximum atomic E-state index is 12.5. The number of carbonyl (C=O) groups excluding carboxylic acids is 1. The van der Waals surface area contributed by atoms with Gasteiger partial charge in [-0.25, -0.2) is 4.79 Å². The van der Waals surface area contributed by atoms with Gasteiger partial charge in [0, 0.05) is 6.54 Å². The molecule has 0 saturated carbocycles. The summed E-state index contributed by atoms with van der Waals surface area (Å²) in [5.41, 5.74) is 2.12. The van der Waals surface area contributed by atoms with E-state index in [4.69, 9.17) is 4.74 Å². The van der Waals surface area contributed by atoms with Crippen LogP contribution < -0.4 is 0 Å². The predicted octanol–water partition coefficient (Wildman–Crippen LogP) is 4.70. The topological polar surface area (TPSA) is 29.5 Å². The highest BCUT2D eigenvalue weighted by Crippen LogP contribution is 2.43. The minimum absolute atomic E-state index is 0.107. The standard InChI is InChI=1S/C18H27NO2/c1-13-9-7-8-10-14(13)15-11-18(5,6)12-19(15)16(20)21-17(2,3)4/h7-10,15H,11-12H2,1-6H3.